The molecule has 0 amide bonds. The fourth-order valence-corrected chi connectivity index (χ4v) is 1.95. The summed E-state index contributed by atoms with van der Waals surface area (Å²) in [5.74, 6) is 1.54. The van der Waals surface area contributed by atoms with Crippen LogP contribution in [0.4, 0.5) is 0 Å². The van der Waals surface area contributed by atoms with Crippen LogP contribution in [0, 0.1) is 12.8 Å². The van der Waals surface area contributed by atoms with Gasteiger partial charge in [0, 0.05) is 24.8 Å². The minimum atomic E-state index is 0.262. The zero-order valence-corrected chi connectivity index (χ0v) is 12.8. The van der Waals surface area contributed by atoms with Crippen LogP contribution in [0.15, 0.2) is 18.2 Å². The number of nitrogens with one attached hydrogen (secondary N) is 1. The molecule has 0 heterocycles. The van der Waals surface area contributed by atoms with Gasteiger partial charge in [-0.2, -0.15) is 0 Å². The van der Waals surface area contributed by atoms with Crippen LogP contribution >= 0.6 is 0 Å². The SMILES string of the molecule is COc1cc(C)ccc1C(C)NCCOCC(C)C. The van der Waals surface area contributed by atoms with Gasteiger partial charge in [-0.3, -0.25) is 0 Å². The van der Waals surface area contributed by atoms with Crippen molar-refractivity contribution in [3.8, 4) is 5.75 Å². The summed E-state index contributed by atoms with van der Waals surface area (Å²) in [6.07, 6.45) is 0. The molecule has 0 saturated carbocycles. The predicted molar refractivity (Wildman–Crippen MR) is 79.8 cm³/mol. The third-order valence-corrected chi connectivity index (χ3v) is 3.00. The summed E-state index contributed by atoms with van der Waals surface area (Å²) in [5.41, 5.74) is 2.41. The molecule has 19 heavy (non-hydrogen) atoms. The van der Waals surface area contributed by atoms with Crippen LogP contribution in [-0.2, 0) is 4.74 Å². The maximum atomic E-state index is 5.56. The van der Waals surface area contributed by atoms with Crippen LogP contribution in [0.1, 0.15) is 37.9 Å². The molecule has 0 aliphatic carbocycles. The Morgan fingerprint density at radius 2 is 1.95 bits per heavy atom. The Morgan fingerprint density at radius 1 is 1.21 bits per heavy atom. The highest BCUT2D eigenvalue weighted by atomic mass is 16.5. The van der Waals surface area contributed by atoms with Gasteiger partial charge < -0.3 is 14.8 Å². The molecular formula is C16H27NO2. The first kappa shape index (κ1) is 16.0. The van der Waals surface area contributed by atoms with Crippen molar-refractivity contribution in [1.29, 1.82) is 0 Å². The second-order valence-corrected chi connectivity index (χ2v) is 5.39. The first-order chi connectivity index (χ1) is 9.04. The first-order valence-electron chi connectivity index (χ1n) is 7.00. The standard InChI is InChI=1S/C16H27NO2/c1-12(2)11-19-9-8-17-14(4)15-7-6-13(3)10-16(15)18-5/h6-7,10,12,14,17H,8-9,11H2,1-5H3. The molecule has 0 spiro atoms. The van der Waals surface area contributed by atoms with Crippen molar-refractivity contribution in [3.05, 3.63) is 29.3 Å². The van der Waals surface area contributed by atoms with Crippen molar-refractivity contribution >= 4 is 0 Å². The number of aryl methyl sites for hydroxylation is 1. The number of methoxy groups -OCH3 is 1. The van der Waals surface area contributed by atoms with E-state index in [-0.39, 0.29) is 6.04 Å². The molecule has 108 valence electrons. The minimum Gasteiger partial charge on any atom is -0.496 e. The molecule has 0 fully saturated rings. The Hall–Kier alpha value is -1.06. The third kappa shape index (κ3) is 5.62. The van der Waals surface area contributed by atoms with Crippen molar-refractivity contribution in [1.82, 2.24) is 5.32 Å². The maximum absolute atomic E-state index is 5.56. The molecule has 0 aliphatic rings. The molecule has 0 radical (unpaired) electrons. The van der Waals surface area contributed by atoms with Gasteiger partial charge in [0.25, 0.3) is 0 Å². The topological polar surface area (TPSA) is 30.5 Å². The molecule has 0 bridgehead atoms. The van der Waals surface area contributed by atoms with Gasteiger partial charge in [-0.15, -0.1) is 0 Å². The van der Waals surface area contributed by atoms with E-state index >= 15 is 0 Å². The van der Waals surface area contributed by atoms with Crippen molar-refractivity contribution < 1.29 is 9.47 Å². The summed E-state index contributed by atoms with van der Waals surface area (Å²) in [4.78, 5) is 0. The van der Waals surface area contributed by atoms with E-state index < -0.39 is 0 Å². The normalized spacial score (nSPS) is 12.7. The Morgan fingerprint density at radius 3 is 2.58 bits per heavy atom. The maximum Gasteiger partial charge on any atom is 0.123 e. The summed E-state index contributed by atoms with van der Waals surface area (Å²) < 4.78 is 11.0. The van der Waals surface area contributed by atoms with Gasteiger partial charge >= 0.3 is 0 Å². The zero-order chi connectivity index (χ0) is 14.3. The second kappa shape index (κ2) is 8.18. The van der Waals surface area contributed by atoms with Gasteiger partial charge in [0.2, 0.25) is 0 Å². The lowest BCUT2D eigenvalue weighted by Gasteiger charge is -2.18. The zero-order valence-electron chi connectivity index (χ0n) is 12.8. The van der Waals surface area contributed by atoms with Crippen molar-refractivity contribution in [2.45, 2.75) is 33.7 Å². The number of ether oxygens (including phenoxy) is 2. The predicted octanol–water partition coefficient (Wildman–Crippen LogP) is 3.33. The smallest absolute Gasteiger partial charge is 0.123 e. The van der Waals surface area contributed by atoms with E-state index in [0.717, 1.165) is 25.5 Å². The molecule has 1 unspecified atom stereocenters. The van der Waals surface area contributed by atoms with Crippen molar-refractivity contribution in [3.63, 3.8) is 0 Å². The van der Waals surface area contributed by atoms with E-state index in [1.54, 1.807) is 7.11 Å². The van der Waals surface area contributed by atoms with Gasteiger partial charge in [-0.05, 0) is 31.4 Å². The highest BCUT2D eigenvalue weighted by molar-refractivity contribution is 5.38. The Bertz CT molecular complexity index is 377. The van der Waals surface area contributed by atoms with Crippen LogP contribution in [-0.4, -0.2) is 26.9 Å². The van der Waals surface area contributed by atoms with E-state index in [1.165, 1.54) is 11.1 Å². The molecular weight excluding hydrogens is 238 g/mol. The first-order valence-corrected chi connectivity index (χ1v) is 7.00. The van der Waals surface area contributed by atoms with Crippen LogP contribution in [0.5, 0.6) is 5.75 Å². The summed E-state index contributed by atoms with van der Waals surface area (Å²) in [6.45, 7) is 11.0. The Labute approximate surface area is 117 Å². The molecule has 0 aliphatic heterocycles. The Kier molecular flexibility index (Phi) is 6.89. The minimum absolute atomic E-state index is 0.262. The van der Waals surface area contributed by atoms with Crippen molar-refractivity contribution in [2.75, 3.05) is 26.9 Å². The van der Waals surface area contributed by atoms with E-state index in [0.29, 0.717) is 5.92 Å². The molecule has 1 N–H and O–H groups in total. The molecule has 1 atom stereocenters. The van der Waals surface area contributed by atoms with Crippen LogP contribution < -0.4 is 10.1 Å². The Balaban J connectivity index is 2.43. The molecule has 3 heteroatoms. The van der Waals surface area contributed by atoms with E-state index in [1.807, 2.05) is 0 Å². The van der Waals surface area contributed by atoms with Gasteiger partial charge in [-0.25, -0.2) is 0 Å². The highest BCUT2D eigenvalue weighted by Gasteiger charge is 2.10. The number of hydrogen-bond donors (Lipinski definition) is 1. The largest absolute Gasteiger partial charge is 0.496 e. The fourth-order valence-electron chi connectivity index (χ4n) is 1.95. The van der Waals surface area contributed by atoms with Crippen LogP contribution in [0.3, 0.4) is 0 Å². The van der Waals surface area contributed by atoms with E-state index in [2.05, 4.69) is 51.2 Å². The van der Waals surface area contributed by atoms with Crippen LogP contribution in [0.2, 0.25) is 0 Å². The second-order valence-electron chi connectivity index (χ2n) is 5.39. The number of rotatable bonds is 8. The van der Waals surface area contributed by atoms with E-state index in [4.69, 9.17) is 9.47 Å². The summed E-state index contributed by atoms with van der Waals surface area (Å²) in [5, 5.41) is 3.46. The van der Waals surface area contributed by atoms with Gasteiger partial charge in [0.05, 0.1) is 13.7 Å². The molecule has 0 aromatic heterocycles. The number of benzene rings is 1. The van der Waals surface area contributed by atoms with Gasteiger partial charge in [0.15, 0.2) is 0 Å². The quantitative estimate of drug-likeness (QED) is 0.731. The average Bonchev–Trinajstić information content (AvgIpc) is 2.37. The summed E-state index contributed by atoms with van der Waals surface area (Å²) >= 11 is 0. The lowest BCUT2D eigenvalue weighted by Crippen LogP contribution is -2.24. The fraction of sp³-hybridized carbons (Fsp3) is 0.625. The van der Waals surface area contributed by atoms with E-state index in [9.17, 15) is 0 Å². The molecule has 0 saturated heterocycles. The number of hydrogen-bond acceptors (Lipinski definition) is 3. The summed E-state index contributed by atoms with van der Waals surface area (Å²) in [6, 6.07) is 6.58. The lowest BCUT2D eigenvalue weighted by atomic mass is 10.1. The molecule has 3 nitrogen and oxygen atoms in total. The van der Waals surface area contributed by atoms with Gasteiger partial charge in [0.1, 0.15) is 5.75 Å². The lowest BCUT2D eigenvalue weighted by molar-refractivity contribution is 0.110. The third-order valence-electron chi connectivity index (χ3n) is 3.00. The van der Waals surface area contributed by atoms with Crippen molar-refractivity contribution in [2.24, 2.45) is 5.92 Å². The van der Waals surface area contributed by atoms with Gasteiger partial charge in [-0.1, -0.05) is 26.0 Å². The highest BCUT2D eigenvalue weighted by Crippen LogP contribution is 2.25. The monoisotopic (exact) mass is 265 g/mol. The van der Waals surface area contributed by atoms with Crippen LogP contribution in [0.25, 0.3) is 0 Å². The molecule has 1 aromatic rings. The summed E-state index contributed by atoms with van der Waals surface area (Å²) in [7, 11) is 1.72. The molecule has 1 rings (SSSR count). The average molecular weight is 265 g/mol. The molecule has 1 aromatic carbocycles.